The van der Waals surface area contributed by atoms with Crippen molar-refractivity contribution in [2.45, 2.75) is 33.3 Å². The van der Waals surface area contributed by atoms with Gasteiger partial charge in [0.25, 0.3) is 0 Å². The highest BCUT2D eigenvalue weighted by molar-refractivity contribution is 5.84. The van der Waals surface area contributed by atoms with Gasteiger partial charge in [-0.25, -0.2) is 4.79 Å². The third-order valence-electron chi connectivity index (χ3n) is 5.15. The number of carbonyl (C=O) groups is 1. The Morgan fingerprint density at radius 1 is 1.07 bits per heavy atom. The fourth-order valence-electron chi connectivity index (χ4n) is 3.35. The van der Waals surface area contributed by atoms with Crippen LogP contribution in [0.3, 0.4) is 0 Å². The van der Waals surface area contributed by atoms with Crippen molar-refractivity contribution in [3.63, 3.8) is 0 Å². The minimum atomic E-state index is -0.447. The summed E-state index contributed by atoms with van der Waals surface area (Å²) in [5.41, 5.74) is 4.45. The van der Waals surface area contributed by atoms with Crippen molar-refractivity contribution in [3.05, 3.63) is 87.4 Å². The van der Waals surface area contributed by atoms with Crippen LogP contribution in [0.25, 0.3) is 21.9 Å². The molecule has 2 heterocycles. The van der Waals surface area contributed by atoms with E-state index in [4.69, 9.17) is 9.15 Å². The first-order valence-electron chi connectivity index (χ1n) is 9.54. The van der Waals surface area contributed by atoms with Crippen molar-refractivity contribution >= 4 is 27.8 Å². The maximum absolute atomic E-state index is 12.2. The molecule has 29 heavy (non-hydrogen) atoms. The minimum absolute atomic E-state index is 0.0363. The Bertz CT molecular complexity index is 1270. The summed E-state index contributed by atoms with van der Waals surface area (Å²) in [4.78, 5) is 28.7. The van der Waals surface area contributed by atoms with E-state index in [2.05, 4.69) is 4.98 Å². The molecule has 0 aliphatic heterocycles. The van der Waals surface area contributed by atoms with Crippen LogP contribution in [0, 0.1) is 13.8 Å². The first-order chi connectivity index (χ1) is 14.0. The SMILES string of the molecule is Cc1ccc2c(COC(=O)CCc3ccc4ccccc4n3)cc(=O)oc2c1C. The first kappa shape index (κ1) is 18.9. The van der Waals surface area contributed by atoms with Crippen molar-refractivity contribution in [2.75, 3.05) is 0 Å². The van der Waals surface area contributed by atoms with Crippen LogP contribution in [0.15, 0.2) is 63.8 Å². The maximum atomic E-state index is 12.2. The number of hydrogen-bond acceptors (Lipinski definition) is 5. The number of para-hydroxylation sites is 1. The molecule has 4 aromatic rings. The van der Waals surface area contributed by atoms with Crippen molar-refractivity contribution in [2.24, 2.45) is 0 Å². The highest BCUT2D eigenvalue weighted by atomic mass is 16.5. The zero-order valence-electron chi connectivity index (χ0n) is 16.4. The number of pyridine rings is 1. The van der Waals surface area contributed by atoms with Crippen LogP contribution in [-0.2, 0) is 22.6 Å². The normalized spacial score (nSPS) is 11.1. The molecular weight excluding hydrogens is 366 g/mol. The number of fused-ring (bicyclic) bond motifs is 2. The standard InChI is InChI=1S/C24H21NO4/c1-15-7-11-20-18(13-23(27)29-24(20)16(15)2)14-28-22(26)12-10-19-9-8-17-5-3-4-6-21(17)25-19/h3-9,11,13H,10,12,14H2,1-2H3. The number of aromatic nitrogens is 1. The Balaban J connectivity index is 1.44. The fraction of sp³-hybridized carbons (Fsp3) is 0.208. The van der Waals surface area contributed by atoms with Gasteiger partial charge in [0.05, 0.1) is 11.9 Å². The van der Waals surface area contributed by atoms with Gasteiger partial charge in [0.15, 0.2) is 0 Å². The molecule has 0 unspecified atom stereocenters. The van der Waals surface area contributed by atoms with Gasteiger partial charge in [-0.15, -0.1) is 0 Å². The lowest BCUT2D eigenvalue weighted by Crippen LogP contribution is -2.09. The van der Waals surface area contributed by atoms with Crippen molar-refractivity contribution < 1.29 is 13.9 Å². The van der Waals surface area contributed by atoms with Gasteiger partial charge in [0, 0.05) is 34.5 Å². The van der Waals surface area contributed by atoms with E-state index in [1.54, 1.807) is 0 Å². The molecular formula is C24H21NO4. The number of ether oxygens (including phenoxy) is 1. The van der Waals surface area contributed by atoms with E-state index in [0.717, 1.165) is 33.1 Å². The summed E-state index contributed by atoms with van der Waals surface area (Å²) in [6.45, 7) is 3.91. The Hall–Kier alpha value is -3.47. The van der Waals surface area contributed by atoms with Gasteiger partial charge in [-0.3, -0.25) is 9.78 Å². The predicted octanol–water partition coefficient (Wildman–Crippen LogP) is 4.63. The van der Waals surface area contributed by atoms with E-state index in [9.17, 15) is 9.59 Å². The highest BCUT2D eigenvalue weighted by Crippen LogP contribution is 2.23. The highest BCUT2D eigenvalue weighted by Gasteiger charge is 2.12. The molecule has 5 heteroatoms. The lowest BCUT2D eigenvalue weighted by atomic mass is 10.0. The molecule has 2 aromatic heterocycles. The second-order valence-corrected chi connectivity index (χ2v) is 7.13. The molecule has 0 aliphatic carbocycles. The third kappa shape index (κ3) is 4.04. The van der Waals surface area contributed by atoms with Crippen LogP contribution in [-0.4, -0.2) is 11.0 Å². The molecule has 0 radical (unpaired) electrons. The second kappa shape index (κ2) is 7.87. The minimum Gasteiger partial charge on any atom is -0.461 e. The second-order valence-electron chi connectivity index (χ2n) is 7.13. The summed E-state index contributed by atoms with van der Waals surface area (Å²) in [6.07, 6.45) is 0.725. The Kier molecular flexibility index (Phi) is 5.12. The molecule has 4 rings (SSSR count). The summed E-state index contributed by atoms with van der Waals surface area (Å²) in [6, 6.07) is 17.0. The smallest absolute Gasteiger partial charge is 0.336 e. The van der Waals surface area contributed by atoms with Crippen LogP contribution in [0.4, 0.5) is 0 Å². The zero-order valence-corrected chi connectivity index (χ0v) is 16.4. The monoisotopic (exact) mass is 387 g/mol. The molecule has 0 amide bonds. The average molecular weight is 387 g/mol. The van der Waals surface area contributed by atoms with Gasteiger partial charge in [-0.05, 0) is 37.1 Å². The Labute approximate surface area is 168 Å². The molecule has 0 atom stereocenters. The van der Waals surface area contributed by atoms with Gasteiger partial charge >= 0.3 is 11.6 Å². The number of benzene rings is 2. The molecule has 0 bridgehead atoms. The zero-order chi connectivity index (χ0) is 20.4. The van der Waals surface area contributed by atoms with E-state index in [0.29, 0.717) is 17.6 Å². The number of rotatable bonds is 5. The quantitative estimate of drug-likeness (QED) is 0.369. The molecule has 2 aromatic carbocycles. The predicted molar refractivity (Wildman–Crippen MR) is 112 cm³/mol. The van der Waals surface area contributed by atoms with Gasteiger partial charge in [0.1, 0.15) is 12.2 Å². The summed E-state index contributed by atoms with van der Waals surface area (Å²) in [5, 5.41) is 1.86. The summed E-state index contributed by atoms with van der Waals surface area (Å²) in [5.74, 6) is -0.329. The molecule has 0 spiro atoms. The third-order valence-corrected chi connectivity index (χ3v) is 5.15. The number of hydrogen-bond donors (Lipinski definition) is 0. The van der Waals surface area contributed by atoms with Crippen LogP contribution in [0.2, 0.25) is 0 Å². The summed E-state index contributed by atoms with van der Waals surface area (Å²) in [7, 11) is 0. The molecule has 5 nitrogen and oxygen atoms in total. The fourth-order valence-corrected chi connectivity index (χ4v) is 3.35. The van der Waals surface area contributed by atoms with Crippen molar-refractivity contribution in [1.29, 1.82) is 0 Å². The van der Waals surface area contributed by atoms with Crippen LogP contribution in [0.1, 0.15) is 28.8 Å². The largest absolute Gasteiger partial charge is 0.461 e. The number of nitrogens with zero attached hydrogens (tertiary/aromatic N) is 1. The Morgan fingerprint density at radius 2 is 1.90 bits per heavy atom. The molecule has 0 N–H and O–H groups in total. The topological polar surface area (TPSA) is 69.4 Å². The number of esters is 1. The van der Waals surface area contributed by atoms with Gasteiger partial charge < -0.3 is 9.15 Å². The molecule has 0 saturated carbocycles. The van der Waals surface area contributed by atoms with E-state index in [-0.39, 0.29) is 19.0 Å². The van der Waals surface area contributed by atoms with Crippen LogP contribution in [0.5, 0.6) is 0 Å². The Morgan fingerprint density at radius 3 is 2.76 bits per heavy atom. The molecule has 0 aliphatic rings. The lowest BCUT2D eigenvalue weighted by molar-refractivity contribution is -0.144. The first-order valence-corrected chi connectivity index (χ1v) is 9.54. The summed E-state index contributed by atoms with van der Waals surface area (Å²) >= 11 is 0. The van der Waals surface area contributed by atoms with E-state index >= 15 is 0 Å². The summed E-state index contributed by atoms with van der Waals surface area (Å²) < 4.78 is 10.8. The lowest BCUT2D eigenvalue weighted by Gasteiger charge is -2.10. The van der Waals surface area contributed by atoms with E-state index in [1.165, 1.54) is 6.07 Å². The molecule has 0 saturated heterocycles. The van der Waals surface area contributed by atoms with Crippen molar-refractivity contribution in [1.82, 2.24) is 4.98 Å². The number of carbonyl (C=O) groups excluding carboxylic acids is 1. The van der Waals surface area contributed by atoms with E-state index < -0.39 is 5.63 Å². The van der Waals surface area contributed by atoms with Gasteiger partial charge in [-0.1, -0.05) is 36.4 Å². The van der Waals surface area contributed by atoms with Gasteiger partial charge in [-0.2, -0.15) is 0 Å². The molecule has 0 fully saturated rings. The maximum Gasteiger partial charge on any atom is 0.336 e. The molecule has 146 valence electrons. The van der Waals surface area contributed by atoms with Crippen LogP contribution >= 0.6 is 0 Å². The number of aryl methyl sites for hydroxylation is 3. The van der Waals surface area contributed by atoms with E-state index in [1.807, 2.05) is 62.4 Å². The van der Waals surface area contributed by atoms with Crippen LogP contribution < -0.4 is 5.63 Å². The van der Waals surface area contributed by atoms with Crippen molar-refractivity contribution in [3.8, 4) is 0 Å². The average Bonchev–Trinajstić information content (AvgIpc) is 2.73. The van der Waals surface area contributed by atoms with Gasteiger partial charge in [0.2, 0.25) is 0 Å².